The lowest BCUT2D eigenvalue weighted by atomic mass is 10.1. The van der Waals surface area contributed by atoms with Gasteiger partial charge in [-0.15, -0.1) is 0 Å². The largest absolute Gasteiger partial charge is 0.494 e. The molecular weight excluding hydrogens is 271 g/mol. The van der Waals surface area contributed by atoms with Gasteiger partial charge < -0.3 is 15.8 Å². The van der Waals surface area contributed by atoms with Crippen molar-refractivity contribution < 1.29 is 13.9 Å². The van der Waals surface area contributed by atoms with E-state index in [1.807, 2.05) is 30.3 Å². The summed E-state index contributed by atoms with van der Waals surface area (Å²) in [7, 11) is 1.37. The lowest BCUT2D eigenvalue weighted by Gasteiger charge is -2.13. The van der Waals surface area contributed by atoms with Crippen LogP contribution in [0.4, 0.5) is 10.1 Å². The van der Waals surface area contributed by atoms with Crippen LogP contribution in [0.5, 0.6) is 5.75 Å². The highest BCUT2D eigenvalue weighted by molar-refractivity contribution is 5.95. The number of anilines is 1. The Bertz CT molecular complexity index is 617. The first-order valence-corrected chi connectivity index (χ1v) is 6.54. The second kappa shape index (κ2) is 6.85. The van der Waals surface area contributed by atoms with Crippen LogP contribution in [-0.4, -0.2) is 19.1 Å². The fourth-order valence-corrected chi connectivity index (χ4v) is 1.93. The molecule has 2 rings (SSSR count). The minimum atomic E-state index is -0.677. The molecule has 21 heavy (non-hydrogen) atoms. The molecule has 0 bridgehead atoms. The maximum atomic E-state index is 13.3. The van der Waals surface area contributed by atoms with E-state index in [1.54, 1.807) is 0 Å². The van der Waals surface area contributed by atoms with E-state index in [0.717, 1.165) is 5.56 Å². The van der Waals surface area contributed by atoms with E-state index in [2.05, 4.69) is 5.32 Å². The second-order valence-electron chi connectivity index (χ2n) is 4.63. The zero-order valence-electron chi connectivity index (χ0n) is 11.7. The van der Waals surface area contributed by atoms with Gasteiger partial charge in [0.05, 0.1) is 13.2 Å². The van der Waals surface area contributed by atoms with E-state index >= 15 is 0 Å². The van der Waals surface area contributed by atoms with E-state index in [-0.39, 0.29) is 11.7 Å². The first kappa shape index (κ1) is 15.0. The van der Waals surface area contributed by atoms with Crippen LogP contribution < -0.4 is 15.8 Å². The van der Waals surface area contributed by atoms with Crippen LogP contribution in [0.25, 0.3) is 0 Å². The summed E-state index contributed by atoms with van der Waals surface area (Å²) in [6, 6.07) is 12.9. The molecule has 2 aromatic rings. The summed E-state index contributed by atoms with van der Waals surface area (Å²) in [5.41, 5.74) is 7.31. The highest BCUT2D eigenvalue weighted by Crippen LogP contribution is 2.21. The van der Waals surface area contributed by atoms with Crippen molar-refractivity contribution in [2.45, 2.75) is 12.5 Å². The van der Waals surface area contributed by atoms with Gasteiger partial charge in [-0.2, -0.15) is 0 Å². The molecule has 110 valence electrons. The molecule has 1 amide bonds. The highest BCUT2D eigenvalue weighted by atomic mass is 19.1. The number of carbonyl (C=O) groups excluding carboxylic acids is 1. The highest BCUT2D eigenvalue weighted by Gasteiger charge is 2.15. The number of hydrogen-bond donors (Lipinski definition) is 2. The van der Waals surface area contributed by atoms with E-state index in [1.165, 1.54) is 25.3 Å². The summed E-state index contributed by atoms with van der Waals surface area (Å²) in [4.78, 5) is 12.0. The van der Waals surface area contributed by atoms with Gasteiger partial charge in [0.1, 0.15) is 0 Å². The van der Waals surface area contributed by atoms with E-state index in [0.29, 0.717) is 12.1 Å². The van der Waals surface area contributed by atoms with Gasteiger partial charge in [0.15, 0.2) is 11.6 Å². The van der Waals surface area contributed by atoms with Gasteiger partial charge in [-0.05, 0) is 24.1 Å². The third kappa shape index (κ3) is 4.03. The monoisotopic (exact) mass is 288 g/mol. The van der Waals surface area contributed by atoms with Crippen LogP contribution in [0.15, 0.2) is 48.5 Å². The average Bonchev–Trinajstić information content (AvgIpc) is 2.50. The predicted molar refractivity (Wildman–Crippen MR) is 79.7 cm³/mol. The van der Waals surface area contributed by atoms with Crippen LogP contribution in [0, 0.1) is 5.82 Å². The van der Waals surface area contributed by atoms with Gasteiger partial charge in [-0.25, -0.2) is 4.39 Å². The molecule has 1 atom stereocenters. The van der Waals surface area contributed by atoms with Crippen LogP contribution in [0.1, 0.15) is 5.56 Å². The zero-order chi connectivity index (χ0) is 15.2. The second-order valence-corrected chi connectivity index (χ2v) is 4.63. The Labute approximate surface area is 122 Å². The Morgan fingerprint density at radius 1 is 1.29 bits per heavy atom. The molecule has 0 saturated carbocycles. The summed E-state index contributed by atoms with van der Waals surface area (Å²) in [6.45, 7) is 0. The minimum absolute atomic E-state index is 0.0735. The number of halogens is 1. The molecule has 0 unspecified atom stereocenters. The first-order valence-electron chi connectivity index (χ1n) is 6.54. The number of rotatable bonds is 5. The topological polar surface area (TPSA) is 64.3 Å². The molecule has 0 heterocycles. The molecule has 0 fully saturated rings. The molecule has 4 nitrogen and oxygen atoms in total. The summed E-state index contributed by atoms with van der Waals surface area (Å²) >= 11 is 0. The zero-order valence-corrected chi connectivity index (χ0v) is 11.7. The number of hydrogen-bond acceptors (Lipinski definition) is 3. The Kier molecular flexibility index (Phi) is 4.90. The number of nitrogens with two attached hydrogens (primary N) is 1. The van der Waals surface area contributed by atoms with Crippen molar-refractivity contribution in [1.29, 1.82) is 0 Å². The molecule has 3 N–H and O–H groups in total. The van der Waals surface area contributed by atoms with Crippen LogP contribution in [-0.2, 0) is 11.2 Å². The Morgan fingerprint density at radius 3 is 2.67 bits per heavy atom. The third-order valence-corrected chi connectivity index (χ3v) is 3.05. The number of amides is 1. The normalized spacial score (nSPS) is 11.8. The molecule has 0 radical (unpaired) electrons. The lowest BCUT2D eigenvalue weighted by Crippen LogP contribution is -2.37. The molecule has 0 aliphatic carbocycles. The fraction of sp³-hybridized carbons (Fsp3) is 0.188. The first-order chi connectivity index (χ1) is 10.1. The van der Waals surface area contributed by atoms with Gasteiger partial charge in [-0.1, -0.05) is 30.3 Å². The number of methoxy groups -OCH3 is 1. The van der Waals surface area contributed by atoms with E-state index in [9.17, 15) is 9.18 Å². The maximum Gasteiger partial charge on any atom is 0.241 e. The quantitative estimate of drug-likeness (QED) is 0.887. The van der Waals surface area contributed by atoms with Crippen LogP contribution in [0.3, 0.4) is 0 Å². The number of nitrogens with one attached hydrogen (secondary N) is 1. The summed E-state index contributed by atoms with van der Waals surface area (Å²) in [6.07, 6.45) is 0.436. The van der Waals surface area contributed by atoms with Crippen molar-refractivity contribution >= 4 is 11.6 Å². The molecule has 0 aromatic heterocycles. The summed E-state index contributed by atoms with van der Waals surface area (Å²) < 4.78 is 18.2. The molecule has 0 aliphatic heterocycles. The molecular formula is C16H17FN2O2. The number of benzene rings is 2. The van der Waals surface area contributed by atoms with Gasteiger partial charge in [-0.3, -0.25) is 4.79 Å². The molecule has 0 spiro atoms. The average molecular weight is 288 g/mol. The smallest absolute Gasteiger partial charge is 0.241 e. The molecule has 0 saturated heterocycles. The fourth-order valence-electron chi connectivity index (χ4n) is 1.93. The predicted octanol–water partition coefficient (Wildman–Crippen LogP) is 2.34. The van der Waals surface area contributed by atoms with Crippen LogP contribution in [0.2, 0.25) is 0 Å². The van der Waals surface area contributed by atoms with Gasteiger partial charge in [0.25, 0.3) is 0 Å². The maximum absolute atomic E-state index is 13.3. The minimum Gasteiger partial charge on any atom is -0.494 e. The SMILES string of the molecule is COc1cc(NC(=O)[C@H](N)Cc2ccccc2)ccc1F. The molecule has 2 aromatic carbocycles. The van der Waals surface area contributed by atoms with Gasteiger partial charge >= 0.3 is 0 Å². The number of ether oxygens (including phenoxy) is 1. The number of carbonyl (C=O) groups is 1. The van der Waals surface area contributed by atoms with Crippen molar-refractivity contribution in [1.82, 2.24) is 0 Å². The summed E-state index contributed by atoms with van der Waals surface area (Å²) in [5, 5.41) is 2.65. The Hall–Kier alpha value is -2.40. The van der Waals surface area contributed by atoms with E-state index < -0.39 is 11.9 Å². The van der Waals surface area contributed by atoms with Crippen molar-refractivity contribution in [3.63, 3.8) is 0 Å². The summed E-state index contributed by atoms with van der Waals surface area (Å²) in [5.74, 6) is -0.735. The Morgan fingerprint density at radius 2 is 2.00 bits per heavy atom. The van der Waals surface area contributed by atoms with Gasteiger partial charge in [0, 0.05) is 11.8 Å². The lowest BCUT2D eigenvalue weighted by molar-refractivity contribution is -0.117. The Balaban J connectivity index is 2.00. The third-order valence-electron chi connectivity index (χ3n) is 3.05. The van der Waals surface area contributed by atoms with Gasteiger partial charge in [0.2, 0.25) is 5.91 Å². The van der Waals surface area contributed by atoms with Crippen LogP contribution >= 0.6 is 0 Å². The molecule has 0 aliphatic rings. The van der Waals surface area contributed by atoms with Crippen molar-refractivity contribution in [2.24, 2.45) is 5.73 Å². The van der Waals surface area contributed by atoms with Crippen molar-refractivity contribution in [3.8, 4) is 5.75 Å². The standard InChI is InChI=1S/C16H17FN2O2/c1-21-15-10-12(7-8-13(15)17)19-16(20)14(18)9-11-5-3-2-4-6-11/h2-8,10,14H,9,18H2,1H3,(H,19,20)/t14-/m1/s1. The van der Waals surface area contributed by atoms with E-state index in [4.69, 9.17) is 10.5 Å². The molecule has 5 heteroatoms. The van der Waals surface area contributed by atoms with Crippen molar-refractivity contribution in [2.75, 3.05) is 12.4 Å². The van der Waals surface area contributed by atoms with Crippen molar-refractivity contribution in [3.05, 3.63) is 59.9 Å².